The van der Waals surface area contributed by atoms with E-state index in [0.717, 1.165) is 44.3 Å². The third-order valence-electron chi connectivity index (χ3n) is 7.23. The van der Waals surface area contributed by atoms with Crippen LogP contribution >= 0.6 is 11.3 Å². The van der Waals surface area contributed by atoms with Crippen molar-refractivity contribution in [3.05, 3.63) is 104 Å². The monoisotopic (exact) mass is 542 g/mol. The average molecular weight is 543 g/mol. The molecule has 0 fully saturated rings. The summed E-state index contributed by atoms with van der Waals surface area (Å²) in [4.78, 5) is 1.01. The molecule has 3 heterocycles. The highest BCUT2D eigenvalue weighted by atomic mass is 32.1. The minimum absolute atomic E-state index is 0.0568. The molecule has 3 aromatic rings. The summed E-state index contributed by atoms with van der Waals surface area (Å²) in [5, 5.41) is 10.1. The molecule has 0 amide bonds. The number of nitrogens with zero attached hydrogens (tertiary/aromatic N) is 2. The van der Waals surface area contributed by atoms with E-state index in [1.165, 1.54) is 0 Å². The molecule has 3 atom stereocenters. The summed E-state index contributed by atoms with van der Waals surface area (Å²) < 4.78 is 88.4. The maximum absolute atomic E-state index is 14.0. The zero-order valence-corrected chi connectivity index (χ0v) is 20.0. The molecule has 2 aromatic carbocycles. The molecule has 3 unspecified atom stereocenters. The number of alkyl halides is 6. The van der Waals surface area contributed by atoms with Gasteiger partial charge in [-0.15, -0.1) is 16.4 Å². The largest absolute Gasteiger partial charge is 0.440 e. The Kier molecular flexibility index (Phi) is 4.83. The van der Waals surface area contributed by atoms with Gasteiger partial charge in [-0.3, -0.25) is 5.01 Å². The molecular weight excluding hydrogens is 526 g/mol. The van der Waals surface area contributed by atoms with E-state index in [4.69, 9.17) is 4.74 Å². The Morgan fingerprint density at radius 3 is 2.37 bits per heavy atom. The second-order valence-corrected chi connectivity index (χ2v) is 10.3. The van der Waals surface area contributed by atoms with E-state index in [1.807, 2.05) is 53.9 Å². The van der Waals surface area contributed by atoms with Crippen molar-refractivity contribution in [1.82, 2.24) is 5.01 Å². The quantitative estimate of drug-likeness (QED) is 0.273. The normalized spacial score (nSPS) is 23.1. The number of fused-ring (bicyclic) bond motifs is 8. The molecule has 192 valence electrons. The van der Waals surface area contributed by atoms with Gasteiger partial charge in [0.05, 0.1) is 28.1 Å². The first-order chi connectivity index (χ1) is 18.1. The van der Waals surface area contributed by atoms with E-state index < -0.39 is 35.1 Å². The molecule has 2 aliphatic heterocycles. The summed E-state index contributed by atoms with van der Waals surface area (Å²) in [6, 6.07) is 11.6. The van der Waals surface area contributed by atoms with Gasteiger partial charge in [0.2, 0.25) is 5.90 Å². The van der Waals surface area contributed by atoms with Crippen molar-refractivity contribution < 1.29 is 31.1 Å². The molecule has 4 aliphatic rings. The molecular formula is C28H16F6N2OS. The first-order valence-corrected chi connectivity index (χ1v) is 12.6. The fourth-order valence-corrected chi connectivity index (χ4v) is 6.51. The molecule has 7 rings (SSSR count). The van der Waals surface area contributed by atoms with Crippen molar-refractivity contribution in [2.24, 2.45) is 11.0 Å². The van der Waals surface area contributed by atoms with Crippen molar-refractivity contribution in [2.45, 2.75) is 24.3 Å². The van der Waals surface area contributed by atoms with Gasteiger partial charge in [-0.25, -0.2) is 0 Å². The topological polar surface area (TPSA) is 24.8 Å². The van der Waals surface area contributed by atoms with Crippen LogP contribution in [-0.4, -0.2) is 16.9 Å². The maximum Gasteiger partial charge on any atom is 0.420 e. The Labute approximate surface area is 216 Å². The summed E-state index contributed by atoms with van der Waals surface area (Å²) in [6.45, 7) is 0. The molecule has 1 aromatic heterocycles. The Balaban J connectivity index is 1.44. The second-order valence-electron chi connectivity index (χ2n) is 9.39. The lowest BCUT2D eigenvalue weighted by Gasteiger charge is -2.46. The zero-order valence-electron chi connectivity index (χ0n) is 19.2. The van der Waals surface area contributed by atoms with Gasteiger partial charge < -0.3 is 4.74 Å². The van der Waals surface area contributed by atoms with Crippen molar-refractivity contribution >= 4 is 35.1 Å². The average Bonchev–Trinajstić information content (AvgIpc) is 3.29. The van der Waals surface area contributed by atoms with Gasteiger partial charge in [0.15, 0.2) is 0 Å². The highest BCUT2D eigenvalue weighted by molar-refractivity contribution is 7.11. The van der Waals surface area contributed by atoms with Crippen LogP contribution < -0.4 is 15.2 Å². The van der Waals surface area contributed by atoms with Crippen LogP contribution in [-0.2, 0) is 12.4 Å². The highest BCUT2D eigenvalue weighted by Crippen LogP contribution is 2.52. The van der Waals surface area contributed by atoms with Crippen LogP contribution in [0.1, 0.15) is 27.5 Å². The predicted octanol–water partition coefficient (Wildman–Crippen LogP) is 6.13. The van der Waals surface area contributed by atoms with Gasteiger partial charge in [-0.1, -0.05) is 48.6 Å². The van der Waals surface area contributed by atoms with Crippen molar-refractivity contribution in [3.63, 3.8) is 0 Å². The summed E-state index contributed by atoms with van der Waals surface area (Å²) in [6.07, 6.45) is -2.71. The van der Waals surface area contributed by atoms with E-state index in [1.54, 1.807) is 16.3 Å². The molecule has 0 radical (unpaired) electrons. The third-order valence-corrected chi connectivity index (χ3v) is 8.17. The van der Waals surface area contributed by atoms with Crippen molar-refractivity contribution in [2.75, 3.05) is 0 Å². The molecule has 0 saturated heterocycles. The minimum Gasteiger partial charge on any atom is -0.440 e. The number of ether oxygens (including phenoxy) is 1. The molecule has 10 heteroatoms. The number of benzene rings is 2. The number of rotatable bonds is 1. The van der Waals surface area contributed by atoms with E-state index in [-0.39, 0.29) is 17.9 Å². The van der Waals surface area contributed by atoms with Gasteiger partial charge in [-0.2, -0.15) is 26.3 Å². The molecule has 0 saturated carbocycles. The van der Waals surface area contributed by atoms with Crippen molar-refractivity contribution in [1.29, 1.82) is 0 Å². The summed E-state index contributed by atoms with van der Waals surface area (Å²) in [5.41, 5.74) is -0.903. The lowest BCUT2D eigenvalue weighted by Crippen LogP contribution is -2.47. The van der Waals surface area contributed by atoms with Gasteiger partial charge >= 0.3 is 12.4 Å². The molecule has 0 N–H and O–H groups in total. The van der Waals surface area contributed by atoms with Crippen LogP contribution in [0.2, 0.25) is 0 Å². The fourth-order valence-electron chi connectivity index (χ4n) is 5.50. The summed E-state index contributed by atoms with van der Waals surface area (Å²) in [7, 11) is 0. The summed E-state index contributed by atoms with van der Waals surface area (Å²) >= 11 is 1.55. The van der Waals surface area contributed by atoms with Crippen LogP contribution in [0, 0.1) is 5.92 Å². The Bertz CT molecular complexity index is 1710. The first kappa shape index (κ1) is 23.3. The number of hydrogen-bond acceptors (Lipinski definition) is 4. The fraction of sp³-hybridized carbons (Fsp3) is 0.179. The number of hydrogen-bond donors (Lipinski definition) is 0. The van der Waals surface area contributed by atoms with E-state index in [2.05, 4.69) is 11.2 Å². The van der Waals surface area contributed by atoms with Crippen LogP contribution in [0.5, 0.6) is 5.75 Å². The van der Waals surface area contributed by atoms with E-state index >= 15 is 0 Å². The zero-order chi connectivity index (χ0) is 26.4. The lowest BCUT2D eigenvalue weighted by atomic mass is 9.77. The minimum atomic E-state index is -5.30. The Morgan fingerprint density at radius 2 is 1.66 bits per heavy atom. The molecule has 2 aliphatic carbocycles. The lowest BCUT2D eigenvalue weighted by molar-refractivity contribution is -0.162. The van der Waals surface area contributed by atoms with Crippen LogP contribution in [0.15, 0.2) is 76.7 Å². The third kappa shape index (κ3) is 3.39. The Morgan fingerprint density at radius 1 is 0.868 bits per heavy atom. The van der Waals surface area contributed by atoms with Gasteiger partial charge in [0.1, 0.15) is 11.3 Å². The smallest absolute Gasteiger partial charge is 0.420 e. The Hall–Kier alpha value is -3.79. The highest BCUT2D eigenvalue weighted by Gasteiger charge is 2.48. The van der Waals surface area contributed by atoms with Crippen LogP contribution in [0.4, 0.5) is 26.3 Å². The summed E-state index contributed by atoms with van der Waals surface area (Å²) in [5.74, 6) is -1.68. The molecule has 0 spiro atoms. The van der Waals surface area contributed by atoms with Crippen LogP contribution in [0.3, 0.4) is 0 Å². The maximum atomic E-state index is 14.0. The molecule has 38 heavy (non-hydrogen) atoms. The SMILES string of the molecule is FC(F)(F)c1cccc(OC2=NN3C(=C4C=c5ccccc5=CC24)c2sccc2C2C=CC23)c1C(F)(F)F. The molecule has 0 bridgehead atoms. The van der Waals surface area contributed by atoms with Crippen LogP contribution in [0.25, 0.3) is 17.8 Å². The van der Waals surface area contributed by atoms with Gasteiger partial charge in [0, 0.05) is 5.92 Å². The number of hydrazone groups is 1. The second kappa shape index (κ2) is 7.86. The number of halogens is 6. The van der Waals surface area contributed by atoms with E-state index in [0.29, 0.717) is 6.07 Å². The van der Waals surface area contributed by atoms with Crippen molar-refractivity contribution in [3.8, 4) is 5.75 Å². The molecule has 3 nitrogen and oxygen atoms in total. The standard InChI is InChI=1S/C28H16F6N2OS/c29-27(30,31)20-6-3-7-22(23(20)28(32,33)34)37-26-19-13-15-5-2-1-4-14(15)12-18(19)24-25-17(10-11-38-25)16-8-9-21(16)36(24)35-26/h1-13,16,19,21H. The first-order valence-electron chi connectivity index (χ1n) is 11.7. The van der Waals surface area contributed by atoms with Gasteiger partial charge in [-0.05, 0) is 51.2 Å². The predicted molar refractivity (Wildman–Crippen MR) is 131 cm³/mol. The number of thiophene rings is 1. The van der Waals surface area contributed by atoms with E-state index in [9.17, 15) is 26.3 Å². The van der Waals surface area contributed by atoms with Gasteiger partial charge in [0.25, 0.3) is 0 Å².